The number of anilines is 1. The normalized spacial score (nSPS) is 10.6. The van der Waals surface area contributed by atoms with Gasteiger partial charge in [0, 0.05) is 18.1 Å². The molecule has 0 aliphatic carbocycles. The maximum atomic E-state index is 12.3. The molecule has 0 fully saturated rings. The predicted molar refractivity (Wildman–Crippen MR) is 122 cm³/mol. The predicted octanol–water partition coefficient (Wildman–Crippen LogP) is 3.70. The van der Waals surface area contributed by atoms with Crippen molar-refractivity contribution in [2.75, 3.05) is 11.9 Å². The number of carbonyl (C=O) groups is 1. The fourth-order valence-corrected chi connectivity index (χ4v) is 2.83. The monoisotopic (exact) mass is 414 g/mol. The molecule has 0 atom stereocenters. The fraction of sp³-hybridized carbons (Fsp3) is 0.0833. The molecule has 2 heterocycles. The number of ether oxygens (including phenoxy) is 1. The van der Waals surface area contributed by atoms with E-state index in [0.717, 1.165) is 22.3 Å². The topological polar surface area (TPSA) is 108 Å². The second-order valence-corrected chi connectivity index (χ2v) is 6.72. The van der Waals surface area contributed by atoms with E-state index in [0.29, 0.717) is 17.1 Å². The summed E-state index contributed by atoms with van der Waals surface area (Å²) in [6.45, 7) is 1.82. The fourth-order valence-electron chi connectivity index (χ4n) is 2.83. The molecule has 7 heteroatoms. The van der Waals surface area contributed by atoms with Crippen LogP contribution in [0.25, 0.3) is 23.2 Å². The van der Waals surface area contributed by atoms with E-state index < -0.39 is 0 Å². The second kappa shape index (κ2) is 10.1. The van der Waals surface area contributed by atoms with Gasteiger partial charge in [-0.3, -0.25) is 9.78 Å². The molecule has 7 nitrogen and oxygen atoms in total. The van der Waals surface area contributed by atoms with E-state index in [-0.39, 0.29) is 18.0 Å². The van der Waals surface area contributed by atoms with Crippen LogP contribution in [-0.4, -0.2) is 32.9 Å². The smallest absolute Gasteiger partial charge is 0.262 e. The molecular weight excluding hydrogens is 392 g/mol. The van der Waals surface area contributed by atoms with Crippen LogP contribution in [0.1, 0.15) is 16.8 Å². The van der Waals surface area contributed by atoms with Gasteiger partial charge in [0.1, 0.15) is 5.69 Å². The zero-order valence-electron chi connectivity index (χ0n) is 16.9. The Kier molecular flexibility index (Phi) is 7.03. The van der Waals surface area contributed by atoms with Gasteiger partial charge in [-0.2, -0.15) is 0 Å². The van der Waals surface area contributed by atoms with E-state index in [9.17, 15) is 4.79 Å². The number of nitrogens with one attached hydrogen (secondary N) is 1. The molecule has 0 bridgehead atoms. The zero-order valence-corrected chi connectivity index (χ0v) is 16.9. The van der Waals surface area contributed by atoms with E-state index >= 15 is 0 Å². The number of aromatic nitrogens is 3. The van der Waals surface area contributed by atoms with Crippen LogP contribution in [0.4, 0.5) is 5.69 Å². The van der Waals surface area contributed by atoms with E-state index in [1.807, 2.05) is 79.7 Å². The number of hydrogen-bond donors (Lipinski definition) is 1. The number of para-hydroxylation sites is 2. The second-order valence-electron chi connectivity index (χ2n) is 6.72. The summed E-state index contributed by atoms with van der Waals surface area (Å²) in [4.78, 5) is 25.5. The molecular formula is C24H22N4O3. The molecule has 0 spiro atoms. The number of nitrogens with zero attached hydrogens (tertiary/aromatic N) is 3. The number of rotatable bonds is 6. The molecule has 156 valence electrons. The standard InChI is InChI=1S/C24H20N4O2.H2O/c1-17-6-9-19(10-7-17)26-23(29)16-30-24-22(11-8-18-12-14-25-15-13-18)27-20-4-2-3-5-21(20)28-24;/h2-15H,16H2,1H3,(H,26,29);1H2/b11-8-;. The van der Waals surface area contributed by atoms with Gasteiger partial charge < -0.3 is 15.5 Å². The first-order valence-electron chi connectivity index (χ1n) is 9.51. The summed E-state index contributed by atoms with van der Waals surface area (Å²) in [5.74, 6) is 0.0379. The molecule has 2 aromatic heterocycles. The molecule has 31 heavy (non-hydrogen) atoms. The van der Waals surface area contributed by atoms with Crippen LogP contribution in [-0.2, 0) is 4.79 Å². The van der Waals surface area contributed by atoms with Crippen LogP contribution in [0, 0.1) is 6.92 Å². The van der Waals surface area contributed by atoms with Gasteiger partial charge in [0.25, 0.3) is 5.91 Å². The first kappa shape index (κ1) is 21.6. The Balaban J connectivity index is 0.00000272. The van der Waals surface area contributed by atoms with Crippen molar-refractivity contribution in [3.05, 3.63) is 89.9 Å². The Morgan fingerprint density at radius 1 is 0.935 bits per heavy atom. The molecule has 2 aromatic carbocycles. The number of carbonyl (C=O) groups excluding carboxylic acids is 1. The van der Waals surface area contributed by atoms with Gasteiger partial charge in [0.2, 0.25) is 5.88 Å². The lowest BCUT2D eigenvalue weighted by atomic mass is 10.2. The first-order chi connectivity index (χ1) is 14.7. The van der Waals surface area contributed by atoms with Crippen molar-refractivity contribution in [2.45, 2.75) is 6.92 Å². The van der Waals surface area contributed by atoms with Gasteiger partial charge in [-0.1, -0.05) is 35.9 Å². The molecule has 0 unspecified atom stereocenters. The molecule has 0 saturated heterocycles. The minimum absolute atomic E-state index is 0. The van der Waals surface area contributed by atoms with Crippen LogP contribution in [0.3, 0.4) is 0 Å². The van der Waals surface area contributed by atoms with Gasteiger partial charge >= 0.3 is 0 Å². The van der Waals surface area contributed by atoms with Gasteiger partial charge in [-0.25, -0.2) is 9.97 Å². The lowest BCUT2D eigenvalue weighted by molar-refractivity contribution is -0.118. The van der Waals surface area contributed by atoms with Gasteiger partial charge in [0.15, 0.2) is 6.61 Å². The summed E-state index contributed by atoms with van der Waals surface area (Å²) in [6, 6.07) is 18.9. The largest absolute Gasteiger partial charge is 0.466 e. The zero-order chi connectivity index (χ0) is 20.8. The van der Waals surface area contributed by atoms with Crippen LogP contribution in [0.15, 0.2) is 73.1 Å². The van der Waals surface area contributed by atoms with E-state index in [4.69, 9.17) is 4.74 Å². The number of hydrogen-bond acceptors (Lipinski definition) is 5. The van der Waals surface area contributed by atoms with Gasteiger partial charge in [0.05, 0.1) is 11.0 Å². The van der Waals surface area contributed by atoms with Gasteiger partial charge in [-0.15, -0.1) is 0 Å². The van der Waals surface area contributed by atoms with Crippen molar-refractivity contribution in [3.63, 3.8) is 0 Å². The Morgan fingerprint density at radius 3 is 2.32 bits per heavy atom. The summed E-state index contributed by atoms with van der Waals surface area (Å²) in [5.41, 5.74) is 4.82. The third-order valence-electron chi connectivity index (χ3n) is 4.38. The van der Waals surface area contributed by atoms with Crippen LogP contribution in [0.2, 0.25) is 0 Å². The van der Waals surface area contributed by atoms with Crippen molar-refractivity contribution in [1.82, 2.24) is 15.0 Å². The lowest BCUT2D eigenvalue weighted by Gasteiger charge is -2.10. The average molecular weight is 414 g/mol. The Bertz CT molecular complexity index is 1190. The SMILES string of the molecule is Cc1ccc(NC(=O)COc2nc3ccccc3nc2/C=C\c2ccncc2)cc1.O. The van der Waals surface area contributed by atoms with E-state index in [2.05, 4.69) is 20.3 Å². The molecule has 4 rings (SSSR count). The number of fused-ring (bicyclic) bond motifs is 1. The minimum Gasteiger partial charge on any atom is -0.466 e. The molecule has 1 amide bonds. The third kappa shape index (κ3) is 5.71. The molecule has 0 radical (unpaired) electrons. The van der Waals surface area contributed by atoms with E-state index in [1.54, 1.807) is 12.4 Å². The maximum Gasteiger partial charge on any atom is 0.262 e. The number of amides is 1. The van der Waals surface area contributed by atoms with Crippen LogP contribution in [0.5, 0.6) is 5.88 Å². The maximum absolute atomic E-state index is 12.3. The quantitative estimate of drug-likeness (QED) is 0.517. The summed E-state index contributed by atoms with van der Waals surface area (Å²) in [7, 11) is 0. The number of pyridine rings is 1. The molecule has 3 N–H and O–H groups in total. The summed E-state index contributed by atoms with van der Waals surface area (Å²) < 4.78 is 5.74. The Morgan fingerprint density at radius 2 is 1.61 bits per heavy atom. The van der Waals surface area contributed by atoms with Crippen molar-refractivity contribution in [2.24, 2.45) is 0 Å². The summed E-state index contributed by atoms with van der Waals surface area (Å²) in [6.07, 6.45) is 7.17. The highest BCUT2D eigenvalue weighted by molar-refractivity contribution is 5.92. The van der Waals surface area contributed by atoms with Gasteiger partial charge in [-0.05, 0) is 55.0 Å². The lowest BCUT2D eigenvalue weighted by Crippen LogP contribution is -2.20. The van der Waals surface area contributed by atoms with Crippen molar-refractivity contribution in [3.8, 4) is 5.88 Å². The number of aryl methyl sites for hydroxylation is 1. The van der Waals surface area contributed by atoms with Crippen molar-refractivity contribution < 1.29 is 15.0 Å². The first-order valence-corrected chi connectivity index (χ1v) is 9.51. The van der Waals surface area contributed by atoms with E-state index in [1.165, 1.54) is 0 Å². The van der Waals surface area contributed by atoms with Crippen molar-refractivity contribution >= 4 is 34.8 Å². The highest BCUT2D eigenvalue weighted by atomic mass is 16.5. The summed E-state index contributed by atoms with van der Waals surface area (Å²) in [5, 5.41) is 2.82. The highest BCUT2D eigenvalue weighted by Crippen LogP contribution is 2.21. The Labute approximate surface area is 179 Å². The molecule has 4 aromatic rings. The van der Waals surface area contributed by atoms with Crippen LogP contribution < -0.4 is 10.1 Å². The molecule has 0 aliphatic rings. The Hall–Kier alpha value is -4.10. The average Bonchev–Trinajstić information content (AvgIpc) is 2.78. The van der Waals surface area contributed by atoms with Crippen LogP contribution >= 0.6 is 0 Å². The molecule has 0 aliphatic heterocycles. The highest BCUT2D eigenvalue weighted by Gasteiger charge is 2.11. The van der Waals surface area contributed by atoms with Crippen molar-refractivity contribution in [1.29, 1.82) is 0 Å². The molecule has 0 saturated carbocycles. The number of benzene rings is 2. The third-order valence-corrected chi connectivity index (χ3v) is 4.38. The minimum atomic E-state index is -0.266. The summed E-state index contributed by atoms with van der Waals surface area (Å²) >= 11 is 0.